The average Bonchev–Trinajstić information content (AvgIpc) is 3.11. The van der Waals surface area contributed by atoms with Crippen LogP contribution in [0, 0.1) is 0 Å². The molecule has 24 heavy (non-hydrogen) atoms. The summed E-state index contributed by atoms with van der Waals surface area (Å²) >= 11 is 1.46. The van der Waals surface area contributed by atoms with E-state index in [1.165, 1.54) is 35.2 Å². The van der Waals surface area contributed by atoms with Gasteiger partial charge in [0.1, 0.15) is 12.4 Å². The van der Waals surface area contributed by atoms with E-state index in [-0.39, 0.29) is 5.91 Å². The van der Waals surface area contributed by atoms with E-state index >= 15 is 0 Å². The van der Waals surface area contributed by atoms with E-state index in [0.717, 1.165) is 11.3 Å². The number of hydrogen-bond acceptors (Lipinski definition) is 6. The van der Waals surface area contributed by atoms with Crippen LogP contribution in [0.15, 0.2) is 42.0 Å². The summed E-state index contributed by atoms with van der Waals surface area (Å²) in [4.78, 5) is 17.3. The molecule has 1 aromatic carbocycles. The maximum Gasteiger partial charge on any atom is 0.251 e. The normalized spacial score (nSPS) is 15.2. The van der Waals surface area contributed by atoms with Crippen molar-refractivity contribution < 1.29 is 4.79 Å². The second kappa shape index (κ2) is 6.48. The quantitative estimate of drug-likeness (QED) is 0.745. The SMILES string of the molecule is O=C(Nc1nc(C2CC2)cs1)[C@H](Cc1ccccc1)n1cnnn1. The van der Waals surface area contributed by atoms with Crippen molar-refractivity contribution in [2.24, 2.45) is 0 Å². The Morgan fingerprint density at radius 1 is 1.33 bits per heavy atom. The molecule has 1 N–H and O–H groups in total. The fraction of sp³-hybridized carbons (Fsp3) is 0.312. The summed E-state index contributed by atoms with van der Waals surface area (Å²) in [7, 11) is 0. The molecule has 2 aromatic heterocycles. The van der Waals surface area contributed by atoms with Crippen molar-refractivity contribution >= 4 is 22.4 Å². The van der Waals surface area contributed by atoms with Crippen molar-refractivity contribution in [3.8, 4) is 0 Å². The first-order chi connectivity index (χ1) is 11.8. The van der Waals surface area contributed by atoms with Gasteiger partial charge < -0.3 is 5.32 Å². The Balaban J connectivity index is 1.52. The zero-order chi connectivity index (χ0) is 16.4. The molecule has 1 atom stereocenters. The van der Waals surface area contributed by atoms with E-state index in [0.29, 0.717) is 17.5 Å². The summed E-state index contributed by atoms with van der Waals surface area (Å²) in [5.74, 6) is 0.411. The first-order valence-corrected chi connectivity index (χ1v) is 8.70. The summed E-state index contributed by atoms with van der Waals surface area (Å²) in [6, 6.07) is 9.30. The van der Waals surface area contributed by atoms with Gasteiger partial charge in [0, 0.05) is 17.7 Å². The number of anilines is 1. The van der Waals surface area contributed by atoms with Crippen molar-refractivity contribution in [2.45, 2.75) is 31.2 Å². The van der Waals surface area contributed by atoms with Crippen LogP contribution in [0.5, 0.6) is 0 Å². The second-order valence-corrected chi connectivity index (χ2v) is 6.69. The van der Waals surface area contributed by atoms with Crippen LogP contribution >= 0.6 is 11.3 Å². The van der Waals surface area contributed by atoms with Gasteiger partial charge in [0.25, 0.3) is 5.91 Å². The van der Waals surface area contributed by atoms with Crippen LogP contribution in [0.25, 0.3) is 0 Å². The van der Waals surface area contributed by atoms with Crippen LogP contribution in [0.4, 0.5) is 5.13 Å². The standard InChI is InChI=1S/C16H16N6OS/c23-15(19-16-18-13(9-24-16)12-6-7-12)14(22-10-17-20-21-22)8-11-4-2-1-3-5-11/h1-5,9-10,12,14H,6-8H2,(H,18,19,23)/t14-/m0/s1. The van der Waals surface area contributed by atoms with Gasteiger partial charge >= 0.3 is 0 Å². The number of nitrogens with zero attached hydrogens (tertiary/aromatic N) is 5. The van der Waals surface area contributed by atoms with E-state index < -0.39 is 6.04 Å². The number of hydrogen-bond donors (Lipinski definition) is 1. The van der Waals surface area contributed by atoms with Crippen LogP contribution in [-0.2, 0) is 11.2 Å². The number of nitrogens with one attached hydrogen (secondary N) is 1. The molecule has 1 aliphatic carbocycles. The molecule has 0 spiro atoms. The fourth-order valence-electron chi connectivity index (χ4n) is 2.55. The molecule has 122 valence electrons. The van der Waals surface area contributed by atoms with Gasteiger partial charge in [-0.2, -0.15) is 0 Å². The van der Waals surface area contributed by atoms with Crippen LogP contribution in [-0.4, -0.2) is 31.1 Å². The van der Waals surface area contributed by atoms with Gasteiger partial charge in [-0.05, 0) is 28.8 Å². The second-order valence-electron chi connectivity index (χ2n) is 5.84. The predicted molar refractivity (Wildman–Crippen MR) is 89.7 cm³/mol. The van der Waals surface area contributed by atoms with E-state index in [4.69, 9.17) is 0 Å². The topological polar surface area (TPSA) is 85.6 Å². The Kier molecular flexibility index (Phi) is 4.04. The molecular formula is C16H16N6OS. The predicted octanol–water partition coefficient (Wildman–Crippen LogP) is 2.43. The molecule has 0 unspecified atom stereocenters. The molecule has 0 aliphatic heterocycles. The Hall–Kier alpha value is -2.61. The minimum absolute atomic E-state index is 0.164. The molecule has 0 bridgehead atoms. The minimum atomic E-state index is -0.518. The Labute approximate surface area is 142 Å². The number of benzene rings is 1. The lowest BCUT2D eigenvalue weighted by molar-refractivity contribution is -0.119. The molecule has 1 fully saturated rings. The maximum absolute atomic E-state index is 12.7. The summed E-state index contributed by atoms with van der Waals surface area (Å²) in [6.07, 6.45) is 4.36. The van der Waals surface area contributed by atoms with Gasteiger partial charge in [0.05, 0.1) is 5.69 Å². The number of rotatable bonds is 6. The van der Waals surface area contributed by atoms with Crippen molar-refractivity contribution in [1.29, 1.82) is 0 Å². The molecule has 2 heterocycles. The zero-order valence-electron chi connectivity index (χ0n) is 12.9. The van der Waals surface area contributed by atoms with Gasteiger partial charge in [-0.25, -0.2) is 9.67 Å². The number of tetrazole rings is 1. The number of aromatic nitrogens is 5. The summed E-state index contributed by atoms with van der Waals surface area (Å²) in [6.45, 7) is 0. The van der Waals surface area contributed by atoms with E-state index in [2.05, 4.69) is 25.8 Å². The van der Waals surface area contributed by atoms with E-state index in [1.807, 2.05) is 35.7 Å². The third kappa shape index (κ3) is 3.33. The third-order valence-corrected chi connectivity index (χ3v) is 4.78. The van der Waals surface area contributed by atoms with Crippen LogP contribution < -0.4 is 5.32 Å². The van der Waals surface area contributed by atoms with Gasteiger partial charge in [0.15, 0.2) is 5.13 Å². The molecule has 3 aromatic rings. The lowest BCUT2D eigenvalue weighted by atomic mass is 10.1. The van der Waals surface area contributed by atoms with Gasteiger partial charge in [0.2, 0.25) is 0 Å². The lowest BCUT2D eigenvalue weighted by Gasteiger charge is -2.15. The molecule has 0 radical (unpaired) electrons. The molecule has 1 amide bonds. The highest BCUT2D eigenvalue weighted by atomic mass is 32.1. The van der Waals surface area contributed by atoms with E-state index in [9.17, 15) is 4.79 Å². The molecular weight excluding hydrogens is 324 g/mol. The largest absolute Gasteiger partial charge is 0.300 e. The van der Waals surface area contributed by atoms with Gasteiger partial charge in [-0.3, -0.25) is 4.79 Å². The Bertz CT molecular complexity index is 812. The lowest BCUT2D eigenvalue weighted by Crippen LogP contribution is -2.28. The van der Waals surface area contributed by atoms with Gasteiger partial charge in [-0.15, -0.1) is 16.4 Å². The Morgan fingerprint density at radius 2 is 2.17 bits per heavy atom. The Morgan fingerprint density at radius 3 is 2.88 bits per heavy atom. The molecule has 0 saturated heterocycles. The number of carbonyl (C=O) groups is 1. The average molecular weight is 340 g/mol. The summed E-state index contributed by atoms with van der Waals surface area (Å²) in [5.41, 5.74) is 2.13. The van der Waals surface area contributed by atoms with Crippen molar-refractivity contribution in [2.75, 3.05) is 5.32 Å². The van der Waals surface area contributed by atoms with Crippen molar-refractivity contribution in [3.63, 3.8) is 0 Å². The highest BCUT2D eigenvalue weighted by Gasteiger charge is 2.27. The highest BCUT2D eigenvalue weighted by Crippen LogP contribution is 2.40. The first-order valence-electron chi connectivity index (χ1n) is 7.82. The smallest absolute Gasteiger partial charge is 0.251 e. The molecule has 8 heteroatoms. The number of amides is 1. The molecule has 1 aliphatic rings. The highest BCUT2D eigenvalue weighted by molar-refractivity contribution is 7.13. The number of thiazole rings is 1. The maximum atomic E-state index is 12.7. The monoisotopic (exact) mass is 340 g/mol. The number of carbonyl (C=O) groups excluding carboxylic acids is 1. The first kappa shape index (κ1) is 14.9. The van der Waals surface area contributed by atoms with Crippen LogP contribution in [0.1, 0.15) is 36.1 Å². The van der Waals surface area contributed by atoms with Gasteiger partial charge in [-0.1, -0.05) is 30.3 Å². The molecule has 7 nitrogen and oxygen atoms in total. The van der Waals surface area contributed by atoms with Crippen molar-refractivity contribution in [1.82, 2.24) is 25.2 Å². The van der Waals surface area contributed by atoms with E-state index in [1.54, 1.807) is 0 Å². The molecule has 4 rings (SSSR count). The third-order valence-electron chi connectivity index (χ3n) is 4.01. The summed E-state index contributed by atoms with van der Waals surface area (Å²) < 4.78 is 1.48. The van der Waals surface area contributed by atoms with Crippen molar-refractivity contribution in [3.05, 3.63) is 53.3 Å². The fourth-order valence-corrected chi connectivity index (χ4v) is 3.35. The van der Waals surface area contributed by atoms with Crippen LogP contribution in [0.2, 0.25) is 0 Å². The zero-order valence-corrected chi connectivity index (χ0v) is 13.7. The molecule has 1 saturated carbocycles. The minimum Gasteiger partial charge on any atom is -0.300 e. The summed E-state index contributed by atoms with van der Waals surface area (Å²) in [5, 5.41) is 16.8. The van der Waals surface area contributed by atoms with Crippen LogP contribution in [0.3, 0.4) is 0 Å².